The van der Waals surface area contributed by atoms with Crippen LogP contribution in [0.2, 0.25) is 0 Å². The zero-order valence-corrected chi connectivity index (χ0v) is 17.2. The van der Waals surface area contributed by atoms with Crippen molar-refractivity contribution in [3.8, 4) is 38.3 Å². The molecule has 2 aromatic heterocycles. The second-order valence-corrected chi connectivity index (χ2v) is 8.05. The largest absolute Gasteiger partial charge is 0.494 e. The van der Waals surface area contributed by atoms with E-state index in [9.17, 15) is 0 Å². The maximum atomic E-state index is 5.51. The molecule has 3 nitrogen and oxygen atoms in total. The predicted molar refractivity (Wildman–Crippen MR) is 115 cm³/mol. The number of aryl methyl sites for hydroxylation is 2. The van der Waals surface area contributed by atoms with Crippen molar-refractivity contribution in [2.45, 2.75) is 20.8 Å². The van der Waals surface area contributed by atoms with E-state index < -0.39 is 0 Å². The third-order valence-corrected chi connectivity index (χ3v) is 6.28. The molecule has 0 saturated carbocycles. The van der Waals surface area contributed by atoms with Gasteiger partial charge in [0.25, 0.3) is 0 Å². The molecule has 136 valence electrons. The minimum atomic E-state index is 0.674. The number of benzene rings is 2. The van der Waals surface area contributed by atoms with E-state index in [4.69, 9.17) is 14.7 Å². The Morgan fingerprint density at radius 3 is 1.96 bits per heavy atom. The molecule has 0 N–H and O–H groups in total. The van der Waals surface area contributed by atoms with Crippen LogP contribution in [0.1, 0.15) is 18.1 Å². The lowest BCUT2D eigenvalue weighted by molar-refractivity contribution is 0.340. The third kappa shape index (κ3) is 3.80. The van der Waals surface area contributed by atoms with Crippen LogP contribution in [-0.4, -0.2) is 16.6 Å². The number of hydrogen-bond acceptors (Lipinski definition) is 5. The Morgan fingerprint density at radius 1 is 0.778 bits per heavy atom. The predicted octanol–water partition coefficient (Wildman–Crippen LogP) is 6.62. The molecule has 0 saturated heterocycles. The summed E-state index contributed by atoms with van der Waals surface area (Å²) in [6.45, 7) is 6.92. The second kappa shape index (κ2) is 7.62. The van der Waals surface area contributed by atoms with Crippen molar-refractivity contribution in [1.82, 2.24) is 9.97 Å². The van der Waals surface area contributed by atoms with Crippen molar-refractivity contribution in [3.63, 3.8) is 0 Å². The van der Waals surface area contributed by atoms with Gasteiger partial charge in [-0.3, -0.25) is 0 Å². The van der Waals surface area contributed by atoms with Crippen LogP contribution in [0.5, 0.6) is 5.75 Å². The molecule has 5 heteroatoms. The van der Waals surface area contributed by atoms with Gasteiger partial charge < -0.3 is 4.74 Å². The van der Waals surface area contributed by atoms with Crippen LogP contribution in [0, 0.1) is 13.8 Å². The van der Waals surface area contributed by atoms with Crippen LogP contribution in [0.25, 0.3) is 32.5 Å². The van der Waals surface area contributed by atoms with Gasteiger partial charge in [-0.25, -0.2) is 9.97 Å². The molecule has 0 aliphatic rings. The fourth-order valence-electron chi connectivity index (χ4n) is 2.80. The fourth-order valence-corrected chi connectivity index (χ4v) is 4.51. The molecule has 0 radical (unpaired) electrons. The van der Waals surface area contributed by atoms with Crippen molar-refractivity contribution < 1.29 is 4.74 Å². The van der Waals surface area contributed by atoms with Gasteiger partial charge in [0.15, 0.2) is 10.0 Å². The average Bonchev–Trinajstić information content (AvgIpc) is 3.34. The Kier molecular flexibility index (Phi) is 5.05. The van der Waals surface area contributed by atoms with Gasteiger partial charge in [-0.05, 0) is 62.2 Å². The number of hydrogen-bond donors (Lipinski definition) is 0. The van der Waals surface area contributed by atoms with Crippen molar-refractivity contribution in [1.29, 1.82) is 0 Å². The minimum Gasteiger partial charge on any atom is -0.494 e. The molecule has 0 unspecified atom stereocenters. The first-order valence-corrected chi connectivity index (χ1v) is 10.6. The Labute approximate surface area is 167 Å². The van der Waals surface area contributed by atoms with Crippen LogP contribution >= 0.6 is 22.7 Å². The first-order chi connectivity index (χ1) is 13.1. The van der Waals surface area contributed by atoms with Gasteiger partial charge in [-0.1, -0.05) is 12.1 Å². The highest BCUT2D eigenvalue weighted by Gasteiger charge is 2.12. The zero-order chi connectivity index (χ0) is 18.8. The Bertz CT molecular complexity index is 1060. The van der Waals surface area contributed by atoms with E-state index in [0.29, 0.717) is 6.61 Å². The number of thiazole rings is 2. The molecule has 0 amide bonds. The van der Waals surface area contributed by atoms with Gasteiger partial charge in [0, 0.05) is 21.9 Å². The van der Waals surface area contributed by atoms with E-state index in [1.807, 2.05) is 31.2 Å². The maximum Gasteiger partial charge on any atom is 0.152 e. The Balaban J connectivity index is 1.58. The van der Waals surface area contributed by atoms with Gasteiger partial charge in [0.2, 0.25) is 0 Å². The second-order valence-electron chi connectivity index (χ2n) is 6.33. The number of aromatic nitrogens is 2. The van der Waals surface area contributed by atoms with Gasteiger partial charge >= 0.3 is 0 Å². The molecule has 0 fully saturated rings. The number of rotatable bonds is 5. The minimum absolute atomic E-state index is 0.674. The summed E-state index contributed by atoms with van der Waals surface area (Å²) in [6, 6.07) is 14.5. The van der Waals surface area contributed by atoms with E-state index in [2.05, 4.69) is 42.8 Å². The quantitative estimate of drug-likeness (QED) is 0.383. The highest BCUT2D eigenvalue weighted by molar-refractivity contribution is 7.20. The van der Waals surface area contributed by atoms with E-state index in [0.717, 1.165) is 38.3 Å². The SMILES string of the molecule is CCOc1ccc(-c2csc(-c3nc(-c4ccc(C)c(C)c4)cs3)n2)cc1. The maximum absolute atomic E-state index is 5.51. The smallest absolute Gasteiger partial charge is 0.152 e. The number of nitrogens with zero attached hydrogens (tertiary/aromatic N) is 2. The highest BCUT2D eigenvalue weighted by Crippen LogP contribution is 2.34. The monoisotopic (exact) mass is 392 g/mol. The first-order valence-electron chi connectivity index (χ1n) is 8.86. The summed E-state index contributed by atoms with van der Waals surface area (Å²) in [5.41, 5.74) is 6.82. The Hall–Kier alpha value is -2.50. The lowest BCUT2D eigenvalue weighted by Gasteiger charge is -2.03. The highest BCUT2D eigenvalue weighted by atomic mass is 32.1. The molecule has 0 atom stereocenters. The molecule has 27 heavy (non-hydrogen) atoms. The normalized spacial score (nSPS) is 10.9. The molecule has 4 aromatic rings. The topological polar surface area (TPSA) is 35.0 Å². The molecular formula is C22H20N2OS2. The van der Waals surface area contributed by atoms with E-state index >= 15 is 0 Å². The molecule has 2 heterocycles. The van der Waals surface area contributed by atoms with Crippen molar-refractivity contribution in [3.05, 3.63) is 64.4 Å². The fraction of sp³-hybridized carbons (Fsp3) is 0.182. The van der Waals surface area contributed by atoms with E-state index in [1.54, 1.807) is 22.7 Å². The summed E-state index contributed by atoms with van der Waals surface area (Å²) in [6.07, 6.45) is 0. The molecular weight excluding hydrogens is 372 g/mol. The van der Waals surface area contributed by atoms with Crippen LogP contribution < -0.4 is 4.74 Å². The third-order valence-electron chi connectivity index (χ3n) is 4.46. The number of ether oxygens (including phenoxy) is 1. The average molecular weight is 393 g/mol. The lowest BCUT2D eigenvalue weighted by atomic mass is 10.1. The zero-order valence-electron chi connectivity index (χ0n) is 15.5. The molecule has 4 rings (SSSR count). The van der Waals surface area contributed by atoms with Gasteiger partial charge in [-0.15, -0.1) is 22.7 Å². The van der Waals surface area contributed by atoms with E-state index in [-0.39, 0.29) is 0 Å². The van der Waals surface area contributed by atoms with Gasteiger partial charge in [-0.2, -0.15) is 0 Å². The first kappa shape index (κ1) is 17.9. The molecule has 0 spiro atoms. The van der Waals surface area contributed by atoms with Gasteiger partial charge in [0.05, 0.1) is 18.0 Å². The van der Waals surface area contributed by atoms with Gasteiger partial charge in [0.1, 0.15) is 5.75 Å². The van der Waals surface area contributed by atoms with Crippen LogP contribution in [-0.2, 0) is 0 Å². The summed E-state index contributed by atoms with van der Waals surface area (Å²) in [4.78, 5) is 9.60. The van der Waals surface area contributed by atoms with Crippen LogP contribution in [0.15, 0.2) is 53.2 Å². The molecule has 0 aliphatic heterocycles. The molecule has 2 aromatic carbocycles. The van der Waals surface area contributed by atoms with Crippen molar-refractivity contribution in [2.24, 2.45) is 0 Å². The summed E-state index contributed by atoms with van der Waals surface area (Å²) < 4.78 is 5.51. The van der Waals surface area contributed by atoms with Crippen LogP contribution in [0.4, 0.5) is 0 Å². The Morgan fingerprint density at radius 2 is 1.37 bits per heavy atom. The summed E-state index contributed by atoms with van der Waals surface area (Å²) >= 11 is 3.27. The molecule has 0 aliphatic carbocycles. The van der Waals surface area contributed by atoms with Crippen molar-refractivity contribution in [2.75, 3.05) is 6.61 Å². The summed E-state index contributed by atoms with van der Waals surface area (Å²) in [5, 5.41) is 6.11. The van der Waals surface area contributed by atoms with E-state index in [1.165, 1.54) is 11.1 Å². The standard InChI is InChI=1S/C22H20N2OS2/c1-4-25-18-9-7-16(8-10-18)19-12-26-21(23-19)22-24-20(13-27-22)17-6-5-14(2)15(3)11-17/h5-13H,4H2,1-3H3. The van der Waals surface area contributed by atoms with Crippen LogP contribution in [0.3, 0.4) is 0 Å². The summed E-state index contributed by atoms with van der Waals surface area (Å²) in [7, 11) is 0. The molecule has 0 bridgehead atoms. The lowest BCUT2D eigenvalue weighted by Crippen LogP contribution is -1.90. The summed E-state index contributed by atoms with van der Waals surface area (Å²) in [5.74, 6) is 0.884. The van der Waals surface area contributed by atoms with Crippen molar-refractivity contribution >= 4 is 22.7 Å².